The van der Waals surface area contributed by atoms with Crippen LogP contribution in [-0.4, -0.2) is 48.8 Å². The van der Waals surface area contributed by atoms with Crippen LogP contribution in [0.25, 0.3) is 0 Å². The molecule has 0 aromatic heterocycles. The number of nitrogens with zero attached hydrogens (tertiary/aromatic N) is 1. The first kappa shape index (κ1) is 19.4. The van der Waals surface area contributed by atoms with Gasteiger partial charge in [0.05, 0.1) is 21.1 Å². The number of aliphatic carboxylic acids is 1. The zero-order chi connectivity index (χ0) is 15.6. The molecule has 0 radical (unpaired) electrons. The third-order valence-corrected chi connectivity index (χ3v) is 3.49. The molecule has 1 unspecified atom stereocenters. The minimum Gasteiger partial charge on any atom is -0.550 e. The second-order valence-electron chi connectivity index (χ2n) is 7.09. The van der Waals surface area contributed by atoms with Crippen LogP contribution in [0.15, 0.2) is 0 Å². The van der Waals surface area contributed by atoms with E-state index in [1.54, 1.807) is 0 Å². The summed E-state index contributed by atoms with van der Waals surface area (Å²) < 4.78 is 0.556. The number of hydrogen-bond acceptors (Lipinski definition) is 3. The van der Waals surface area contributed by atoms with E-state index in [-0.39, 0.29) is 6.42 Å². The molecule has 0 fully saturated rings. The molecule has 4 nitrogen and oxygen atoms in total. The normalized spacial score (nSPS) is 15.1. The van der Waals surface area contributed by atoms with Crippen LogP contribution in [0.5, 0.6) is 0 Å². The van der Waals surface area contributed by atoms with Crippen LogP contribution < -0.4 is 5.11 Å². The van der Waals surface area contributed by atoms with Crippen LogP contribution in [0.4, 0.5) is 0 Å². The van der Waals surface area contributed by atoms with Gasteiger partial charge in [-0.25, -0.2) is 0 Å². The molecule has 0 aromatic carbocycles. The van der Waals surface area contributed by atoms with Gasteiger partial charge in [-0.15, -0.1) is 0 Å². The lowest BCUT2D eigenvalue weighted by molar-refractivity contribution is -0.877. The van der Waals surface area contributed by atoms with Crippen LogP contribution in [0.2, 0.25) is 0 Å². The fraction of sp³-hybridized carbons (Fsp3) is 0.938. The smallest absolute Gasteiger partial charge is 0.119 e. The lowest BCUT2D eigenvalue weighted by Gasteiger charge is -2.36. The SMILES string of the molecule is CCCCCCCCCC(O)(CC(=O)[O-])C[N+](C)(C)C. The predicted octanol–water partition coefficient (Wildman–Crippen LogP) is 1.70. The second kappa shape index (κ2) is 9.35. The maximum atomic E-state index is 10.8. The Hall–Kier alpha value is -0.610. The molecule has 0 bridgehead atoms. The quantitative estimate of drug-likeness (QED) is 0.439. The maximum absolute atomic E-state index is 10.8. The highest BCUT2D eigenvalue weighted by Crippen LogP contribution is 2.22. The van der Waals surface area contributed by atoms with Crippen molar-refractivity contribution >= 4 is 5.97 Å². The molecule has 20 heavy (non-hydrogen) atoms. The number of carboxylic acid groups (broad SMARTS) is 1. The van der Waals surface area contributed by atoms with Gasteiger partial charge in [0, 0.05) is 12.4 Å². The van der Waals surface area contributed by atoms with Crippen molar-refractivity contribution in [2.24, 2.45) is 0 Å². The highest BCUT2D eigenvalue weighted by Gasteiger charge is 2.33. The summed E-state index contributed by atoms with van der Waals surface area (Å²) >= 11 is 0. The van der Waals surface area contributed by atoms with Gasteiger partial charge in [0.2, 0.25) is 0 Å². The van der Waals surface area contributed by atoms with E-state index >= 15 is 0 Å². The minimum absolute atomic E-state index is 0.266. The Kier molecular flexibility index (Phi) is 9.06. The predicted molar refractivity (Wildman–Crippen MR) is 80.1 cm³/mol. The molecule has 0 heterocycles. The first-order valence-corrected chi connectivity index (χ1v) is 7.91. The topological polar surface area (TPSA) is 60.4 Å². The molecule has 0 aromatic rings. The van der Waals surface area contributed by atoms with E-state index in [0.717, 1.165) is 12.8 Å². The van der Waals surface area contributed by atoms with E-state index < -0.39 is 11.6 Å². The fourth-order valence-corrected chi connectivity index (χ4v) is 2.79. The molecular formula is C16H33NO3. The van der Waals surface area contributed by atoms with E-state index in [2.05, 4.69) is 6.92 Å². The summed E-state index contributed by atoms with van der Waals surface area (Å²) in [6.07, 6.45) is 8.45. The van der Waals surface area contributed by atoms with Gasteiger partial charge < -0.3 is 19.5 Å². The van der Waals surface area contributed by atoms with Crippen LogP contribution in [-0.2, 0) is 4.79 Å². The van der Waals surface area contributed by atoms with Crippen molar-refractivity contribution in [1.82, 2.24) is 0 Å². The van der Waals surface area contributed by atoms with E-state index in [4.69, 9.17) is 0 Å². The minimum atomic E-state index is -1.16. The van der Waals surface area contributed by atoms with Crippen molar-refractivity contribution in [2.75, 3.05) is 27.7 Å². The summed E-state index contributed by atoms with van der Waals surface area (Å²) in [5.41, 5.74) is -1.14. The molecule has 0 saturated carbocycles. The van der Waals surface area contributed by atoms with Crippen molar-refractivity contribution in [3.05, 3.63) is 0 Å². The van der Waals surface area contributed by atoms with Gasteiger partial charge in [-0.05, 0) is 6.42 Å². The molecule has 120 valence electrons. The van der Waals surface area contributed by atoms with Gasteiger partial charge in [0.25, 0.3) is 0 Å². The van der Waals surface area contributed by atoms with Crippen molar-refractivity contribution in [2.45, 2.75) is 70.3 Å². The number of quaternary nitrogens is 1. The standard InChI is InChI=1S/C16H33NO3/c1-5-6-7-8-9-10-11-12-16(20,13-15(18)19)14-17(2,3)4/h20H,5-14H2,1-4H3. The molecule has 1 atom stereocenters. The Morgan fingerprint density at radius 1 is 1.05 bits per heavy atom. The summed E-state index contributed by atoms with van der Waals surface area (Å²) in [6.45, 7) is 2.64. The molecule has 0 spiro atoms. The third-order valence-electron chi connectivity index (χ3n) is 3.49. The highest BCUT2D eigenvalue weighted by atomic mass is 16.4. The van der Waals surface area contributed by atoms with Crippen molar-refractivity contribution < 1.29 is 19.5 Å². The van der Waals surface area contributed by atoms with Gasteiger partial charge in [0.15, 0.2) is 0 Å². The second-order valence-corrected chi connectivity index (χ2v) is 7.09. The molecule has 0 aliphatic rings. The summed E-state index contributed by atoms with van der Waals surface area (Å²) in [4.78, 5) is 10.8. The van der Waals surface area contributed by atoms with Crippen LogP contribution in [0, 0.1) is 0 Å². The molecule has 0 amide bonds. The molecule has 1 N–H and O–H groups in total. The van der Waals surface area contributed by atoms with Gasteiger partial charge >= 0.3 is 0 Å². The van der Waals surface area contributed by atoms with Crippen LogP contribution in [0.3, 0.4) is 0 Å². The number of carbonyl (C=O) groups excluding carboxylic acids is 1. The summed E-state index contributed by atoms with van der Waals surface area (Å²) in [5, 5.41) is 21.4. The molecule has 0 aliphatic carbocycles. The van der Waals surface area contributed by atoms with Gasteiger partial charge in [-0.3, -0.25) is 0 Å². The number of hydrogen-bond donors (Lipinski definition) is 1. The van der Waals surface area contributed by atoms with E-state index in [9.17, 15) is 15.0 Å². The van der Waals surface area contributed by atoms with E-state index in [1.165, 1.54) is 32.1 Å². The van der Waals surface area contributed by atoms with Crippen LogP contribution in [0.1, 0.15) is 64.7 Å². The van der Waals surface area contributed by atoms with E-state index in [0.29, 0.717) is 17.4 Å². The van der Waals surface area contributed by atoms with Gasteiger partial charge in [-0.1, -0.05) is 51.9 Å². The molecule has 0 rings (SSSR count). The summed E-state index contributed by atoms with van der Waals surface area (Å²) in [6, 6.07) is 0. The zero-order valence-corrected chi connectivity index (χ0v) is 13.8. The van der Waals surface area contributed by atoms with Crippen molar-refractivity contribution in [3.8, 4) is 0 Å². The lowest BCUT2D eigenvalue weighted by Crippen LogP contribution is -2.51. The highest BCUT2D eigenvalue weighted by molar-refractivity contribution is 5.65. The third kappa shape index (κ3) is 11.2. The Morgan fingerprint density at radius 3 is 2.00 bits per heavy atom. The number of likely N-dealkylation sites (N-methyl/N-ethyl adjacent to an activating group) is 1. The Bertz CT molecular complexity index is 273. The average Bonchev–Trinajstić information content (AvgIpc) is 2.23. The first-order valence-electron chi connectivity index (χ1n) is 7.91. The Balaban J connectivity index is 4.07. The molecule has 4 heteroatoms. The molecule has 0 saturated heterocycles. The monoisotopic (exact) mass is 287 g/mol. The van der Waals surface area contributed by atoms with Crippen molar-refractivity contribution in [1.29, 1.82) is 0 Å². The largest absolute Gasteiger partial charge is 0.550 e. The lowest BCUT2D eigenvalue weighted by atomic mass is 9.91. The number of carboxylic acids is 1. The van der Waals surface area contributed by atoms with Gasteiger partial charge in [-0.2, -0.15) is 0 Å². The van der Waals surface area contributed by atoms with Crippen molar-refractivity contribution in [3.63, 3.8) is 0 Å². The Labute approximate surface area is 124 Å². The van der Waals surface area contributed by atoms with E-state index in [1.807, 2.05) is 21.1 Å². The first-order chi connectivity index (χ1) is 9.18. The summed E-state index contributed by atoms with van der Waals surface area (Å²) in [7, 11) is 5.89. The van der Waals surface area contributed by atoms with Gasteiger partial charge in [0.1, 0.15) is 12.1 Å². The fourth-order valence-electron chi connectivity index (χ4n) is 2.79. The maximum Gasteiger partial charge on any atom is 0.119 e. The molecule has 0 aliphatic heterocycles. The number of carbonyl (C=O) groups is 1. The molecular weight excluding hydrogens is 254 g/mol. The number of aliphatic hydroxyl groups is 1. The zero-order valence-electron chi connectivity index (χ0n) is 13.8. The van der Waals surface area contributed by atoms with Crippen LogP contribution >= 0.6 is 0 Å². The average molecular weight is 287 g/mol. The Morgan fingerprint density at radius 2 is 1.55 bits per heavy atom. The number of unbranched alkanes of at least 4 members (excludes halogenated alkanes) is 6. The summed E-state index contributed by atoms with van der Waals surface area (Å²) in [5.74, 6) is -1.16. The number of rotatable bonds is 12.